The van der Waals surface area contributed by atoms with E-state index in [0.717, 1.165) is 4.47 Å². The Hall–Kier alpha value is -2.02. The molecule has 17 heavy (non-hydrogen) atoms. The van der Waals surface area contributed by atoms with E-state index in [4.69, 9.17) is 0 Å². The minimum atomic E-state index is -1.00. The van der Waals surface area contributed by atoms with E-state index in [2.05, 4.69) is 31.5 Å². The lowest BCUT2D eigenvalue weighted by Crippen LogP contribution is -2.01. The lowest BCUT2D eigenvalue weighted by Gasteiger charge is -2.04. The zero-order chi connectivity index (χ0) is 12.0. The maximum absolute atomic E-state index is 11.2. The van der Waals surface area contributed by atoms with Crippen LogP contribution in [0.2, 0.25) is 0 Å². The Bertz CT molecular complexity index is 752. The lowest BCUT2D eigenvalue weighted by atomic mass is 10.1. The average Bonchev–Trinajstić information content (AvgIpc) is 2.75. The van der Waals surface area contributed by atoms with E-state index in [1.165, 1.54) is 10.6 Å². The number of hydrogen-bond acceptors (Lipinski definition) is 4. The molecule has 0 atom stereocenters. The number of rotatable bonds is 1. The number of fused-ring (bicyclic) bond motifs is 3. The van der Waals surface area contributed by atoms with Crippen molar-refractivity contribution >= 4 is 38.4 Å². The fourth-order valence-corrected chi connectivity index (χ4v) is 2.11. The molecule has 3 rings (SSSR count). The van der Waals surface area contributed by atoms with Gasteiger partial charge in [0.15, 0.2) is 5.65 Å². The second-order valence-electron chi connectivity index (χ2n) is 3.47. The Morgan fingerprint density at radius 2 is 2.18 bits per heavy atom. The average molecular weight is 293 g/mol. The normalized spacial score (nSPS) is 11.1. The largest absolute Gasteiger partial charge is 0.478 e. The van der Waals surface area contributed by atoms with Gasteiger partial charge in [0.25, 0.3) is 0 Å². The van der Waals surface area contributed by atoms with Crippen molar-refractivity contribution < 1.29 is 9.90 Å². The SMILES string of the molecule is O=C(O)c1cc2nnnn2c2ccc(Br)cc12. The van der Waals surface area contributed by atoms with Crippen molar-refractivity contribution in [2.45, 2.75) is 0 Å². The number of aromatic nitrogens is 4. The Morgan fingerprint density at radius 1 is 1.35 bits per heavy atom. The van der Waals surface area contributed by atoms with Crippen LogP contribution in [-0.2, 0) is 0 Å². The fourth-order valence-electron chi connectivity index (χ4n) is 1.75. The molecule has 0 saturated carbocycles. The standard InChI is InChI=1S/C10H5BrN4O2/c11-5-1-2-8-6(3-5)7(10(16)17)4-9-12-13-14-15(8)9/h1-4H,(H,16,17). The van der Waals surface area contributed by atoms with Gasteiger partial charge < -0.3 is 5.11 Å². The van der Waals surface area contributed by atoms with Gasteiger partial charge in [0.05, 0.1) is 11.1 Å². The van der Waals surface area contributed by atoms with Gasteiger partial charge in [-0.05, 0) is 28.6 Å². The molecule has 2 aromatic heterocycles. The third-order valence-electron chi connectivity index (χ3n) is 2.47. The van der Waals surface area contributed by atoms with Crippen molar-refractivity contribution in [1.29, 1.82) is 0 Å². The molecule has 7 heteroatoms. The molecule has 1 N–H and O–H groups in total. The van der Waals surface area contributed by atoms with Crippen LogP contribution in [-0.4, -0.2) is 31.1 Å². The number of halogens is 1. The van der Waals surface area contributed by atoms with Crippen LogP contribution in [0.25, 0.3) is 16.6 Å². The third kappa shape index (κ3) is 1.47. The second-order valence-corrected chi connectivity index (χ2v) is 4.39. The van der Waals surface area contributed by atoms with Gasteiger partial charge in [-0.25, -0.2) is 4.79 Å². The molecule has 0 saturated heterocycles. The number of carboxylic acids is 1. The molecule has 0 radical (unpaired) electrons. The van der Waals surface area contributed by atoms with Crippen molar-refractivity contribution in [1.82, 2.24) is 20.0 Å². The van der Waals surface area contributed by atoms with Crippen LogP contribution in [0.1, 0.15) is 10.4 Å². The van der Waals surface area contributed by atoms with Crippen LogP contribution in [0.5, 0.6) is 0 Å². The zero-order valence-electron chi connectivity index (χ0n) is 8.33. The summed E-state index contributed by atoms with van der Waals surface area (Å²) in [5, 5.41) is 20.9. The van der Waals surface area contributed by atoms with Gasteiger partial charge in [-0.2, -0.15) is 4.52 Å². The van der Waals surface area contributed by atoms with Gasteiger partial charge in [-0.15, -0.1) is 5.10 Å². The number of nitrogens with zero attached hydrogens (tertiary/aromatic N) is 4. The predicted molar refractivity (Wildman–Crippen MR) is 62.9 cm³/mol. The predicted octanol–water partition coefficient (Wildman–Crippen LogP) is 1.74. The third-order valence-corrected chi connectivity index (χ3v) is 2.97. The molecule has 2 heterocycles. The Balaban J connectivity index is 2.58. The molecule has 0 fully saturated rings. The Kier molecular flexibility index (Phi) is 2.08. The maximum Gasteiger partial charge on any atom is 0.336 e. The molecule has 0 amide bonds. The molecule has 0 bridgehead atoms. The van der Waals surface area contributed by atoms with Crippen LogP contribution < -0.4 is 0 Å². The number of benzene rings is 1. The molecule has 1 aromatic carbocycles. The van der Waals surface area contributed by atoms with Crippen molar-refractivity contribution in [3.63, 3.8) is 0 Å². The first kappa shape index (κ1) is 10.2. The van der Waals surface area contributed by atoms with Crippen molar-refractivity contribution in [3.05, 3.63) is 34.3 Å². The summed E-state index contributed by atoms with van der Waals surface area (Å²) < 4.78 is 2.31. The summed E-state index contributed by atoms with van der Waals surface area (Å²) >= 11 is 3.32. The highest BCUT2D eigenvalue weighted by atomic mass is 79.9. The molecular weight excluding hydrogens is 288 g/mol. The summed E-state index contributed by atoms with van der Waals surface area (Å²) in [6, 6.07) is 6.78. The summed E-state index contributed by atoms with van der Waals surface area (Å²) in [6.45, 7) is 0. The second kappa shape index (κ2) is 3.49. The van der Waals surface area contributed by atoms with E-state index in [1.807, 2.05) is 6.07 Å². The number of tetrazole rings is 1. The smallest absolute Gasteiger partial charge is 0.336 e. The molecule has 6 nitrogen and oxygen atoms in total. The molecule has 0 aliphatic carbocycles. The first-order chi connectivity index (χ1) is 8.16. The zero-order valence-corrected chi connectivity index (χ0v) is 9.92. The number of carboxylic acid groups (broad SMARTS) is 1. The molecule has 3 aromatic rings. The summed E-state index contributed by atoms with van der Waals surface area (Å²) in [5.41, 5.74) is 1.26. The van der Waals surface area contributed by atoms with Crippen LogP contribution in [0.15, 0.2) is 28.7 Å². The van der Waals surface area contributed by atoms with E-state index in [0.29, 0.717) is 16.6 Å². The number of hydrogen-bond donors (Lipinski definition) is 1. The molecule has 0 unspecified atom stereocenters. The monoisotopic (exact) mass is 292 g/mol. The van der Waals surface area contributed by atoms with Gasteiger partial charge in [-0.3, -0.25) is 0 Å². The molecule has 0 spiro atoms. The molecule has 84 valence electrons. The minimum Gasteiger partial charge on any atom is -0.478 e. The van der Waals surface area contributed by atoms with Gasteiger partial charge in [-0.1, -0.05) is 15.9 Å². The van der Waals surface area contributed by atoms with E-state index in [-0.39, 0.29) is 5.56 Å². The summed E-state index contributed by atoms with van der Waals surface area (Å²) in [6.07, 6.45) is 0. The molecular formula is C10H5BrN4O2. The first-order valence-corrected chi connectivity index (χ1v) is 5.50. The van der Waals surface area contributed by atoms with Crippen LogP contribution in [0, 0.1) is 0 Å². The highest BCUT2D eigenvalue weighted by Gasteiger charge is 2.14. The highest BCUT2D eigenvalue weighted by Crippen LogP contribution is 2.24. The van der Waals surface area contributed by atoms with Crippen molar-refractivity contribution in [2.24, 2.45) is 0 Å². The topological polar surface area (TPSA) is 80.4 Å². The van der Waals surface area contributed by atoms with Crippen LogP contribution >= 0.6 is 15.9 Å². The Morgan fingerprint density at radius 3 is 2.94 bits per heavy atom. The number of carbonyl (C=O) groups is 1. The van der Waals surface area contributed by atoms with E-state index >= 15 is 0 Å². The minimum absolute atomic E-state index is 0.184. The lowest BCUT2D eigenvalue weighted by molar-refractivity contribution is 0.0699. The summed E-state index contributed by atoms with van der Waals surface area (Å²) in [7, 11) is 0. The highest BCUT2D eigenvalue weighted by molar-refractivity contribution is 9.10. The van der Waals surface area contributed by atoms with Crippen molar-refractivity contribution in [3.8, 4) is 0 Å². The van der Waals surface area contributed by atoms with E-state index < -0.39 is 5.97 Å². The number of pyridine rings is 1. The van der Waals surface area contributed by atoms with Gasteiger partial charge in [0.2, 0.25) is 0 Å². The van der Waals surface area contributed by atoms with Crippen molar-refractivity contribution in [2.75, 3.05) is 0 Å². The van der Waals surface area contributed by atoms with Gasteiger partial charge in [0, 0.05) is 15.9 Å². The van der Waals surface area contributed by atoms with Gasteiger partial charge >= 0.3 is 5.97 Å². The molecule has 0 aliphatic heterocycles. The number of aromatic carboxylic acids is 1. The van der Waals surface area contributed by atoms with E-state index in [1.54, 1.807) is 12.1 Å². The van der Waals surface area contributed by atoms with Crippen LogP contribution in [0.3, 0.4) is 0 Å². The Labute approximate surface area is 103 Å². The van der Waals surface area contributed by atoms with Gasteiger partial charge in [0.1, 0.15) is 0 Å². The molecule has 0 aliphatic rings. The maximum atomic E-state index is 11.2. The fraction of sp³-hybridized carbons (Fsp3) is 0. The van der Waals surface area contributed by atoms with Crippen LogP contribution in [0.4, 0.5) is 0 Å². The quantitative estimate of drug-likeness (QED) is 0.739. The van der Waals surface area contributed by atoms with E-state index in [9.17, 15) is 9.90 Å². The first-order valence-electron chi connectivity index (χ1n) is 4.70. The summed E-state index contributed by atoms with van der Waals surface area (Å²) in [5.74, 6) is -1.00. The summed E-state index contributed by atoms with van der Waals surface area (Å²) in [4.78, 5) is 11.2.